The average Bonchev–Trinajstić information content (AvgIpc) is 2.06. The van der Waals surface area contributed by atoms with Crippen LogP contribution in [0.15, 0.2) is 22.9 Å². The molecule has 0 aromatic rings. The zero-order valence-electron chi connectivity index (χ0n) is 6.91. The molecule has 0 radical (unpaired) electrons. The SMILES string of the molecule is CC1=CCNC2=C1CNCC2. The molecule has 60 valence electrons. The van der Waals surface area contributed by atoms with Crippen molar-refractivity contribution in [1.29, 1.82) is 0 Å². The molecule has 2 heteroatoms. The van der Waals surface area contributed by atoms with Gasteiger partial charge in [-0.1, -0.05) is 6.08 Å². The van der Waals surface area contributed by atoms with Crippen molar-refractivity contribution in [3.05, 3.63) is 22.9 Å². The highest BCUT2D eigenvalue weighted by atomic mass is 14.9. The lowest BCUT2D eigenvalue weighted by Gasteiger charge is -2.26. The topological polar surface area (TPSA) is 24.1 Å². The Morgan fingerprint density at radius 3 is 3.18 bits per heavy atom. The van der Waals surface area contributed by atoms with Gasteiger partial charge >= 0.3 is 0 Å². The normalized spacial score (nSPS) is 23.9. The molecule has 2 rings (SSSR count). The molecule has 0 amide bonds. The van der Waals surface area contributed by atoms with E-state index < -0.39 is 0 Å². The second-order valence-electron chi connectivity index (χ2n) is 3.15. The summed E-state index contributed by atoms with van der Waals surface area (Å²) in [6.45, 7) is 5.39. The molecule has 0 atom stereocenters. The molecule has 2 nitrogen and oxygen atoms in total. The molecule has 2 aliphatic heterocycles. The molecule has 0 bridgehead atoms. The average molecular weight is 150 g/mol. The summed E-state index contributed by atoms with van der Waals surface area (Å²) in [7, 11) is 0. The van der Waals surface area contributed by atoms with Crippen LogP contribution < -0.4 is 10.6 Å². The zero-order chi connectivity index (χ0) is 7.68. The minimum absolute atomic E-state index is 1.02. The molecule has 11 heavy (non-hydrogen) atoms. The Labute approximate surface area is 67.4 Å². The molecule has 0 unspecified atom stereocenters. The van der Waals surface area contributed by atoms with E-state index in [2.05, 4.69) is 23.6 Å². The van der Waals surface area contributed by atoms with Crippen LogP contribution in [0.25, 0.3) is 0 Å². The van der Waals surface area contributed by atoms with Gasteiger partial charge in [0, 0.05) is 25.3 Å². The number of rotatable bonds is 0. The van der Waals surface area contributed by atoms with Gasteiger partial charge in [0.25, 0.3) is 0 Å². The molecular formula is C9H14N2. The smallest absolute Gasteiger partial charge is 0.0333 e. The minimum Gasteiger partial charge on any atom is -0.385 e. The highest BCUT2D eigenvalue weighted by Crippen LogP contribution is 2.20. The van der Waals surface area contributed by atoms with Gasteiger partial charge in [0.15, 0.2) is 0 Å². The fourth-order valence-electron chi connectivity index (χ4n) is 1.71. The van der Waals surface area contributed by atoms with Crippen LogP contribution in [0.4, 0.5) is 0 Å². The summed E-state index contributed by atoms with van der Waals surface area (Å²) in [5, 5.41) is 6.79. The number of hydrogen-bond acceptors (Lipinski definition) is 2. The molecule has 0 fully saturated rings. The van der Waals surface area contributed by atoms with Crippen molar-refractivity contribution in [2.45, 2.75) is 13.3 Å². The van der Waals surface area contributed by atoms with Gasteiger partial charge in [0.05, 0.1) is 0 Å². The van der Waals surface area contributed by atoms with Crippen LogP contribution >= 0.6 is 0 Å². The first-order valence-corrected chi connectivity index (χ1v) is 4.21. The van der Waals surface area contributed by atoms with E-state index in [1.807, 2.05) is 0 Å². The first-order chi connectivity index (χ1) is 5.38. The lowest BCUT2D eigenvalue weighted by atomic mass is 9.98. The van der Waals surface area contributed by atoms with Crippen LogP contribution in [0.1, 0.15) is 13.3 Å². The van der Waals surface area contributed by atoms with Crippen molar-refractivity contribution in [1.82, 2.24) is 10.6 Å². The summed E-state index contributed by atoms with van der Waals surface area (Å²) in [6.07, 6.45) is 3.42. The van der Waals surface area contributed by atoms with E-state index in [1.165, 1.54) is 23.3 Å². The van der Waals surface area contributed by atoms with Gasteiger partial charge in [-0.25, -0.2) is 0 Å². The summed E-state index contributed by atoms with van der Waals surface area (Å²) in [5.41, 5.74) is 4.40. The fourth-order valence-corrected chi connectivity index (χ4v) is 1.71. The summed E-state index contributed by atoms with van der Waals surface area (Å²) >= 11 is 0. The van der Waals surface area contributed by atoms with Crippen molar-refractivity contribution >= 4 is 0 Å². The molecule has 2 N–H and O–H groups in total. The van der Waals surface area contributed by atoms with E-state index in [-0.39, 0.29) is 0 Å². The summed E-state index contributed by atoms with van der Waals surface area (Å²) in [6, 6.07) is 0. The largest absolute Gasteiger partial charge is 0.385 e. The monoisotopic (exact) mass is 150 g/mol. The number of hydrogen-bond donors (Lipinski definition) is 2. The quantitative estimate of drug-likeness (QED) is 0.533. The van der Waals surface area contributed by atoms with Crippen molar-refractivity contribution in [2.24, 2.45) is 0 Å². The zero-order valence-corrected chi connectivity index (χ0v) is 6.91. The van der Waals surface area contributed by atoms with Gasteiger partial charge in [-0.3, -0.25) is 0 Å². The molecule has 2 heterocycles. The minimum atomic E-state index is 1.02. The van der Waals surface area contributed by atoms with E-state index in [4.69, 9.17) is 0 Å². The third-order valence-electron chi connectivity index (χ3n) is 2.42. The van der Waals surface area contributed by atoms with Crippen molar-refractivity contribution < 1.29 is 0 Å². The predicted molar refractivity (Wildman–Crippen MR) is 46.3 cm³/mol. The Balaban J connectivity index is 2.29. The van der Waals surface area contributed by atoms with Crippen molar-refractivity contribution in [3.8, 4) is 0 Å². The summed E-state index contributed by atoms with van der Waals surface area (Å²) < 4.78 is 0. The second-order valence-corrected chi connectivity index (χ2v) is 3.15. The lowest BCUT2D eigenvalue weighted by Crippen LogP contribution is -2.33. The Hall–Kier alpha value is -0.760. The third kappa shape index (κ3) is 1.18. The summed E-state index contributed by atoms with van der Waals surface area (Å²) in [5.74, 6) is 0. The predicted octanol–water partition coefficient (Wildman–Crippen LogP) is 0.783. The van der Waals surface area contributed by atoms with E-state index in [0.717, 1.165) is 19.6 Å². The van der Waals surface area contributed by atoms with Gasteiger partial charge < -0.3 is 10.6 Å². The molecule has 2 aliphatic rings. The molecule has 0 saturated carbocycles. The lowest BCUT2D eigenvalue weighted by molar-refractivity contribution is 0.631. The molecule has 0 saturated heterocycles. The number of dihydropyridines is 1. The van der Waals surface area contributed by atoms with Gasteiger partial charge in [-0.05, 0) is 24.5 Å². The van der Waals surface area contributed by atoms with E-state index in [1.54, 1.807) is 0 Å². The van der Waals surface area contributed by atoms with Crippen LogP contribution in [-0.2, 0) is 0 Å². The molecule has 0 aliphatic carbocycles. The third-order valence-corrected chi connectivity index (χ3v) is 2.42. The molecular weight excluding hydrogens is 136 g/mol. The maximum atomic E-state index is 3.41. The Morgan fingerprint density at radius 2 is 2.36 bits per heavy atom. The van der Waals surface area contributed by atoms with Crippen molar-refractivity contribution in [2.75, 3.05) is 19.6 Å². The first kappa shape index (κ1) is 6.92. The highest BCUT2D eigenvalue weighted by Gasteiger charge is 2.15. The molecule has 0 aromatic carbocycles. The highest BCUT2D eigenvalue weighted by molar-refractivity contribution is 5.39. The Bertz CT molecular complexity index is 226. The Morgan fingerprint density at radius 1 is 1.45 bits per heavy atom. The fraction of sp³-hybridized carbons (Fsp3) is 0.556. The van der Waals surface area contributed by atoms with Crippen LogP contribution in [0, 0.1) is 0 Å². The van der Waals surface area contributed by atoms with Gasteiger partial charge in [0.1, 0.15) is 0 Å². The summed E-state index contributed by atoms with van der Waals surface area (Å²) in [4.78, 5) is 0. The van der Waals surface area contributed by atoms with Crippen LogP contribution in [0.5, 0.6) is 0 Å². The Kier molecular flexibility index (Phi) is 1.70. The van der Waals surface area contributed by atoms with Gasteiger partial charge in [-0.15, -0.1) is 0 Å². The first-order valence-electron chi connectivity index (χ1n) is 4.21. The van der Waals surface area contributed by atoms with E-state index in [0.29, 0.717) is 0 Å². The molecule has 0 aromatic heterocycles. The number of nitrogens with one attached hydrogen (secondary N) is 2. The standard InChI is InChI=1S/C9H14N2/c1-7-2-5-11-9-3-4-10-6-8(7)9/h2,10-11H,3-6H2,1H3. The second kappa shape index (κ2) is 2.70. The van der Waals surface area contributed by atoms with Crippen molar-refractivity contribution in [3.63, 3.8) is 0 Å². The molecule has 0 spiro atoms. The van der Waals surface area contributed by atoms with Crippen LogP contribution in [0.2, 0.25) is 0 Å². The van der Waals surface area contributed by atoms with Crippen LogP contribution in [-0.4, -0.2) is 19.6 Å². The van der Waals surface area contributed by atoms with Crippen LogP contribution in [0.3, 0.4) is 0 Å². The van der Waals surface area contributed by atoms with Gasteiger partial charge in [-0.2, -0.15) is 0 Å². The van der Waals surface area contributed by atoms with Gasteiger partial charge in [0.2, 0.25) is 0 Å². The maximum Gasteiger partial charge on any atom is 0.0333 e. The maximum absolute atomic E-state index is 3.41. The van der Waals surface area contributed by atoms with E-state index >= 15 is 0 Å². The van der Waals surface area contributed by atoms with E-state index in [9.17, 15) is 0 Å².